The standard InChI is InChI=1S/C16H21F3N2O.ClH/c17-16(18,19)14-6-2-1-5-13(14)8-7-12-4-3-9-21(11-12)15(22)10-20;/h1-2,5-6,12H,3-4,7-11,20H2;1H. The first kappa shape index (κ1) is 19.8. The summed E-state index contributed by atoms with van der Waals surface area (Å²) < 4.78 is 38.9. The Bertz CT molecular complexity index is 522. The van der Waals surface area contributed by atoms with Crippen molar-refractivity contribution in [2.75, 3.05) is 19.6 Å². The van der Waals surface area contributed by atoms with E-state index < -0.39 is 11.7 Å². The summed E-state index contributed by atoms with van der Waals surface area (Å²) in [6, 6.07) is 5.71. The zero-order valence-electron chi connectivity index (χ0n) is 12.8. The number of hydrogen-bond acceptors (Lipinski definition) is 2. The second kappa shape index (κ2) is 8.55. The number of nitrogens with two attached hydrogens (primary N) is 1. The molecule has 7 heteroatoms. The molecule has 2 N–H and O–H groups in total. The van der Waals surface area contributed by atoms with Gasteiger partial charge in [0.15, 0.2) is 0 Å². The lowest BCUT2D eigenvalue weighted by Gasteiger charge is -2.32. The minimum Gasteiger partial charge on any atom is -0.341 e. The second-order valence-electron chi connectivity index (χ2n) is 5.75. The first-order chi connectivity index (χ1) is 10.4. The number of amides is 1. The zero-order valence-corrected chi connectivity index (χ0v) is 13.6. The van der Waals surface area contributed by atoms with Gasteiger partial charge in [-0.15, -0.1) is 12.4 Å². The number of rotatable bonds is 4. The summed E-state index contributed by atoms with van der Waals surface area (Å²) in [6.45, 7) is 1.29. The van der Waals surface area contributed by atoms with Crippen LogP contribution in [0.15, 0.2) is 24.3 Å². The van der Waals surface area contributed by atoms with Gasteiger partial charge in [0.2, 0.25) is 5.91 Å². The third kappa shape index (κ3) is 5.39. The van der Waals surface area contributed by atoms with Crippen LogP contribution in [0.25, 0.3) is 0 Å². The van der Waals surface area contributed by atoms with E-state index in [2.05, 4.69) is 0 Å². The first-order valence-corrected chi connectivity index (χ1v) is 7.54. The first-order valence-electron chi connectivity index (χ1n) is 7.54. The van der Waals surface area contributed by atoms with E-state index >= 15 is 0 Å². The topological polar surface area (TPSA) is 46.3 Å². The number of likely N-dealkylation sites (tertiary alicyclic amines) is 1. The van der Waals surface area contributed by atoms with Crippen molar-refractivity contribution in [3.8, 4) is 0 Å². The van der Waals surface area contributed by atoms with Crippen molar-refractivity contribution in [2.24, 2.45) is 11.7 Å². The molecule has 2 rings (SSSR count). The number of hydrogen-bond donors (Lipinski definition) is 1. The lowest BCUT2D eigenvalue weighted by atomic mass is 9.90. The predicted octanol–water partition coefficient (Wildman–Crippen LogP) is 3.26. The molecule has 1 heterocycles. The van der Waals surface area contributed by atoms with Crippen molar-refractivity contribution in [3.63, 3.8) is 0 Å². The molecule has 0 bridgehead atoms. The van der Waals surface area contributed by atoms with Gasteiger partial charge in [-0.3, -0.25) is 4.79 Å². The summed E-state index contributed by atoms with van der Waals surface area (Å²) in [6.07, 6.45) is -1.45. The third-order valence-electron chi connectivity index (χ3n) is 4.19. The van der Waals surface area contributed by atoms with Gasteiger partial charge in [-0.2, -0.15) is 13.2 Å². The molecule has 130 valence electrons. The molecule has 1 fully saturated rings. The van der Waals surface area contributed by atoms with Gasteiger partial charge in [-0.25, -0.2) is 0 Å². The largest absolute Gasteiger partial charge is 0.416 e. The van der Waals surface area contributed by atoms with Gasteiger partial charge >= 0.3 is 6.18 Å². The molecule has 1 aliphatic heterocycles. The number of carbonyl (C=O) groups is 1. The summed E-state index contributed by atoms with van der Waals surface area (Å²) >= 11 is 0. The van der Waals surface area contributed by atoms with Crippen molar-refractivity contribution >= 4 is 18.3 Å². The van der Waals surface area contributed by atoms with Crippen molar-refractivity contribution in [1.82, 2.24) is 4.90 Å². The summed E-state index contributed by atoms with van der Waals surface area (Å²) in [4.78, 5) is 13.4. The number of carbonyl (C=O) groups excluding carboxylic acids is 1. The number of aryl methyl sites for hydroxylation is 1. The molecular formula is C16H22ClF3N2O. The van der Waals surface area contributed by atoms with Gasteiger partial charge in [0.1, 0.15) is 0 Å². The maximum atomic E-state index is 13.0. The van der Waals surface area contributed by atoms with Crippen LogP contribution in [0.5, 0.6) is 0 Å². The Morgan fingerprint density at radius 3 is 2.65 bits per heavy atom. The number of halogens is 4. The highest BCUT2D eigenvalue weighted by Crippen LogP contribution is 2.33. The summed E-state index contributed by atoms with van der Waals surface area (Å²) in [7, 11) is 0. The molecule has 1 aliphatic rings. The minimum absolute atomic E-state index is 0. The van der Waals surface area contributed by atoms with E-state index in [1.54, 1.807) is 11.0 Å². The van der Waals surface area contributed by atoms with Gasteiger partial charge in [0.05, 0.1) is 12.1 Å². The number of nitrogens with zero attached hydrogens (tertiary/aromatic N) is 1. The molecule has 1 aromatic carbocycles. The fourth-order valence-electron chi connectivity index (χ4n) is 3.03. The van der Waals surface area contributed by atoms with Crippen LogP contribution in [0, 0.1) is 5.92 Å². The van der Waals surface area contributed by atoms with Crippen LogP contribution in [-0.4, -0.2) is 30.4 Å². The average Bonchev–Trinajstić information content (AvgIpc) is 2.52. The molecular weight excluding hydrogens is 329 g/mol. The molecule has 1 atom stereocenters. The maximum Gasteiger partial charge on any atom is 0.416 e. The molecule has 0 aromatic heterocycles. The van der Waals surface area contributed by atoms with E-state index in [-0.39, 0.29) is 30.8 Å². The van der Waals surface area contributed by atoms with Gasteiger partial charge < -0.3 is 10.6 Å². The Kier molecular flexibility index (Phi) is 7.35. The molecule has 23 heavy (non-hydrogen) atoms. The summed E-state index contributed by atoms with van der Waals surface area (Å²) in [5, 5.41) is 0. The van der Waals surface area contributed by atoms with Crippen LogP contribution in [0.2, 0.25) is 0 Å². The Hall–Kier alpha value is -1.27. The predicted molar refractivity (Wildman–Crippen MR) is 85.4 cm³/mol. The van der Waals surface area contributed by atoms with E-state index in [1.807, 2.05) is 0 Å². The molecule has 1 saturated heterocycles. The summed E-state index contributed by atoms with van der Waals surface area (Å²) in [5.74, 6) is 0.158. The SMILES string of the molecule is Cl.NCC(=O)N1CCCC(CCc2ccccc2C(F)(F)F)C1. The van der Waals surface area contributed by atoms with Gasteiger partial charge in [-0.05, 0) is 43.2 Å². The minimum atomic E-state index is -4.31. The van der Waals surface area contributed by atoms with Crippen LogP contribution >= 0.6 is 12.4 Å². The highest BCUT2D eigenvalue weighted by Gasteiger charge is 2.33. The lowest BCUT2D eigenvalue weighted by molar-refractivity contribution is -0.138. The number of piperidine rings is 1. The van der Waals surface area contributed by atoms with E-state index in [4.69, 9.17) is 5.73 Å². The van der Waals surface area contributed by atoms with E-state index in [1.165, 1.54) is 12.1 Å². The molecule has 0 spiro atoms. The van der Waals surface area contributed by atoms with Crippen molar-refractivity contribution in [1.29, 1.82) is 0 Å². The van der Waals surface area contributed by atoms with Crippen LogP contribution in [0.1, 0.15) is 30.4 Å². The van der Waals surface area contributed by atoms with Gasteiger partial charge in [0, 0.05) is 13.1 Å². The third-order valence-corrected chi connectivity index (χ3v) is 4.19. The van der Waals surface area contributed by atoms with Crippen LogP contribution < -0.4 is 5.73 Å². The maximum absolute atomic E-state index is 13.0. The van der Waals surface area contributed by atoms with E-state index in [0.29, 0.717) is 31.5 Å². The van der Waals surface area contributed by atoms with Crippen molar-refractivity contribution in [2.45, 2.75) is 31.9 Å². The van der Waals surface area contributed by atoms with Gasteiger partial charge in [-0.1, -0.05) is 18.2 Å². The molecule has 1 amide bonds. The number of alkyl halides is 3. The molecule has 3 nitrogen and oxygen atoms in total. The normalized spacial score (nSPS) is 18.4. The second-order valence-corrected chi connectivity index (χ2v) is 5.75. The Morgan fingerprint density at radius 2 is 2.00 bits per heavy atom. The summed E-state index contributed by atoms with van der Waals surface area (Å²) in [5.41, 5.74) is 5.14. The zero-order chi connectivity index (χ0) is 16.2. The van der Waals surface area contributed by atoms with Crippen LogP contribution in [0.4, 0.5) is 13.2 Å². The molecule has 1 aromatic rings. The highest BCUT2D eigenvalue weighted by atomic mass is 35.5. The molecule has 0 radical (unpaired) electrons. The van der Waals surface area contributed by atoms with E-state index in [9.17, 15) is 18.0 Å². The highest BCUT2D eigenvalue weighted by molar-refractivity contribution is 5.85. The monoisotopic (exact) mass is 350 g/mol. The lowest BCUT2D eigenvalue weighted by Crippen LogP contribution is -2.43. The molecule has 1 unspecified atom stereocenters. The van der Waals surface area contributed by atoms with Gasteiger partial charge in [0.25, 0.3) is 0 Å². The molecule has 0 saturated carbocycles. The van der Waals surface area contributed by atoms with Crippen molar-refractivity contribution < 1.29 is 18.0 Å². The Labute approximate surface area is 140 Å². The smallest absolute Gasteiger partial charge is 0.341 e. The molecule has 0 aliphatic carbocycles. The fraction of sp³-hybridized carbons (Fsp3) is 0.562. The Balaban J connectivity index is 0.00000264. The number of benzene rings is 1. The Morgan fingerprint density at radius 1 is 1.30 bits per heavy atom. The quantitative estimate of drug-likeness (QED) is 0.906. The van der Waals surface area contributed by atoms with Crippen LogP contribution in [0.3, 0.4) is 0 Å². The fourth-order valence-corrected chi connectivity index (χ4v) is 3.03. The van der Waals surface area contributed by atoms with Crippen molar-refractivity contribution in [3.05, 3.63) is 35.4 Å². The average molecular weight is 351 g/mol. The van der Waals surface area contributed by atoms with E-state index in [0.717, 1.165) is 18.9 Å². The van der Waals surface area contributed by atoms with Crippen LogP contribution in [-0.2, 0) is 17.4 Å².